The molecule has 4 heteroatoms. The first kappa shape index (κ1) is 15.5. The molecule has 0 aromatic heterocycles. The summed E-state index contributed by atoms with van der Waals surface area (Å²) < 4.78 is 5.60. The number of carboxylic acids is 1. The van der Waals surface area contributed by atoms with Crippen molar-refractivity contribution in [3.8, 4) is 5.75 Å². The molecule has 1 rings (SSSR count). The molecule has 0 bridgehead atoms. The highest BCUT2D eigenvalue weighted by atomic mass is 16.5. The van der Waals surface area contributed by atoms with Gasteiger partial charge in [0.1, 0.15) is 5.75 Å². The predicted octanol–water partition coefficient (Wildman–Crippen LogP) is 2.88. The molecule has 1 N–H and O–H groups in total. The molecule has 0 radical (unpaired) electrons. The van der Waals surface area contributed by atoms with Gasteiger partial charge < -0.3 is 14.7 Å². The normalized spacial score (nSPS) is 11.0. The molecule has 0 saturated carbocycles. The molecule has 0 heterocycles. The maximum Gasteiger partial charge on any atom is 0.335 e. The van der Waals surface area contributed by atoms with Crippen LogP contribution in [0.25, 0.3) is 0 Å². The topological polar surface area (TPSA) is 49.8 Å². The molecule has 0 saturated heterocycles. The fourth-order valence-corrected chi connectivity index (χ4v) is 1.93. The van der Waals surface area contributed by atoms with Crippen molar-refractivity contribution in [1.82, 2.24) is 4.90 Å². The van der Waals surface area contributed by atoms with Crippen molar-refractivity contribution in [3.63, 3.8) is 0 Å². The van der Waals surface area contributed by atoms with Crippen LogP contribution in [0.2, 0.25) is 0 Å². The van der Waals surface area contributed by atoms with E-state index in [-0.39, 0.29) is 5.56 Å². The molecule has 19 heavy (non-hydrogen) atoms. The van der Waals surface area contributed by atoms with Gasteiger partial charge in [-0.25, -0.2) is 4.79 Å². The summed E-state index contributed by atoms with van der Waals surface area (Å²) in [4.78, 5) is 13.1. The second kappa shape index (κ2) is 7.79. The maximum atomic E-state index is 10.7. The first-order valence-corrected chi connectivity index (χ1v) is 6.74. The molecule has 0 unspecified atom stereocenters. The van der Waals surface area contributed by atoms with E-state index in [1.54, 1.807) is 24.3 Å². The quantitative estimate of drug-likeness (QED) is 0.734. The van der Waals surface area contributed by atoms with Gasteiger partial charge in [0.15, 0.2) is 0 Å². The summed E-state index contributed by atoms with van der Waals surface area (Å²) in [6.45, 7) is 9.25. The number of nitrogens with zero attached hydrogens (tertiary/aromatic N) is 1. The lowest BCUT2D eigenvalue weighted by atomic mass is 10.2. The first-order chi connectivity index (χ1) is 9.04. The van der Waals surface area contributed by atoms with E-state index < -0.39 is 5.97 Å². The summed E-state index contributed by atoms with van der Waals surface area (Å²) in [5, 5.41) is 8.78. The minimum Gasteiger partial charge on any atom is -0.494 e. The number of ether oxygens (including phenoxy) is 1. The second-order valence-corrected chi connectivity index (χ2v) is 4.75. The third-order valence-corrected chi connectivity index (χ3v) is 3.10. The molecule has 0 amide bonds. The van der Waals surface area contributed by atoms with Gasteiger partial charge in [0, 0.05) is 12.6 Å². The number of hydrogen-bond acceptors (Lipinski definition) is 3. The lowest BCUT2D eigenvalue weighted by Crippen LogP contribution is -2.32. The van der Waals surface area contributed by atoms with Gasteiger partial charge >= 0.3 is 5.97 Å². The Morgan fingerprint density at radius 3 is 2.42 bits per heavy atom. The van der Waals surface area contributed by atoms with Gasteiger partial charge in [-0.3, -0.25) is 0 Å². The van der Waals surface area contributed by atoms with E-state index in [0.717, 1.165) is 25.3 Å². The second-order valence-electron chi connectivity index (χ2n) is 4.75. The predicted molar refractivity (Wildman–Crippen MR) is 75.9 cm³/mol. The molecule has 0 aliphatic carbocycles. The van der Waals surface area contributed by atoms with Crippen LogP contribution >= 0.6 is 0 Å². The lowest BCUT2D eigenvalue weighted by molar-refractivity contribution is 0.0697. The molecule has 4 nitrogen and oxygen atoms in total. The highest BCUT2D eigenvalue weighted by Crippen LogP contribution is 2.12. The van der Waals surface area contributed by atoms with Crippen LogP contribution in [0.5, 0.6) is 5.75 Å². The van der Waals surface area contributed by atoms with Gasteiger partial charge in [-0.05, 0) is 51.1 Å². The minimum absolute atomic E-state index is 0.282. The molecule has 0 aliphatic rings. The summed E-state index contributed by atoms with van der Waals surface area (Å²) in [7, 11) is 0. The Morgan fingerprint density at radius 1 is 1.32 bits per heavy atom. The van der Waals surface area contributed by atoms with E-state index in [0.29, 0.717) is 12.6 Å². The minimum atomic E-state index is -0.915. The summed E-state index contributed by atoms with van der Waals surface area (Å²) in [6.07, 6.45) is 0.965. The van der Waals surface area contributed by atoms with Crippen LogP contribution in [0.15, 0.2) is 24.3 Å². The zero-order valence-corrected chi connectivity index (χ0v) is 11.9. The SMILES string of the molecule is CCN(CCCOc1ccc(C(=O)O)cc1)C(C)C. The molecule has 106 valence electrons. The van der Waals surface area contributed by atoms with E-state index in [9.17, 15) is 4.79 Å². The highest BCUT2D eigenvalue weighted by molar-refractivity contribution is 5.87. The number of carboxylic acid groups (broad SMARTS) is 1. The van der Waals surface area contributed by atoms with Crippen LogP contribution in [0.4, 0.5) is 0 Å². The Hall–Kier alpha value is -1.55. The number of aromatic carboxylic acids is 1. The van der Waals surface area contributed by atoms with Crippen molar-refractivity contribution in [3.05, 3.63) is 29.8 Å². The van der Waals surface area contributed by atoms with E-state index >= 15 is 0 Å². The average molecular weight is 265 g/mol. The monoisotopic (exact) mass is 265 g/mol. The summed E-state index contributed by atoms with van der Waals surface area (Å²) in [5.74, 6) is -0.195. The van der Waals surface area contributed by atoms with Crippen LogP contribution in [-0.4, -0.2) is 41.7 Å². The molecule has 1 aromatic rings. The molecule has 1 aromatic carbocycles. The third kappa shape index (κ3) is 5.30. The number of carbonyl (C=O) groups is 1. The van der Waals surface area contributed by atoms with Crippen molar-refractivity contribution in [2.75, 3.05) is 19.7 Å². The zero-order valence-electron chi connectivity index (χ0n) is 11.9. The van der Waals surface area contributed by atoms with Crippen LogP contribution in [0.3, 0.4) is 0 Å². The van der Waals surface area contributed by atoms with Gasteiger partial charge in [0.05, 0.1) is 12.2 Å². The fraction of sp³-hybridized carbons (Fsp3) is 0.533. The van der Waals surface area contributed by atoms with E-state index in [1.807, 2.05) is 0 Å². The summed E-state index contributed by atoms with van der Waals surface area (Å²) in [6, 6.07) is 7.07. The van der Waals surface area contributed by atoms with Gasteiger partial charge in [0.25, 0.3) is 0 Å². The fourth-order valence-electron chi connectivity index (χ4n) is 1.93. The van der Waals surface area contributed by atoms with E-state index in [1.165, 1.54) is 0 Å². The Balaban J connectivity index is 2.31. The lowest BCUT2D eigenvalue weighted by Gasteiger charge is -2.24. The van der Waals surface area contributed by atoms with Crippen molar-refractivity contribution < 1.29 is 14.6 Å². The third-order valence-electron chi connectivity index (χ3n) is 3.10. The zero-order chi connectivity index (χ0) is 14.3. The Morgan fingerprint density at radius 2 is 1.95 bits per heavy atom. The van der Waals surface area contributed by atoms with Gasteiger partial charge in [-0.1, -0.05) is 6.92 Å². The number of rotatable bonds is 8. The van der Waals surface area contributed by atoms with Crippen LogP contribution in [-0.2, 0) is 0 Å². The largest absolute Gasteiger partial charge is 0.494 e. The molecule has 0 atom stereocenters. The number of hydrogen-bond donors (Lipinski definition) is 1. The summed E-state index contributed by atoms with van der Waals surface area (Å²) >= 11 is 0. The Kier molecular flexibility index (Phi) is 6.36. The Labute approximate surface area is 115 Å². The molecule has 0 spiro atoms. The van der Waals surface area contributed by atoms with Crippen LogP contribution < -0.4 is 4.74 Å². The van der Waals surface area contributed by atoms with Crippen molar-refractivity contribution in [2.24, 2.45) is 0 Å². The van der Waals surface area contributed by atoms with Crippen molar-refractivity contribution >= 4 is 5.97 Å². The van der Waals surface area contributed by atoms with Gasteiger partial charge in [-0.15, -0.1) is 0 Å². The van der Waals surface area contributed by atoms with E-state index in [4.69, 9.17) is 9.84 Å². The van der Waals surface area contributed by atoms with Gasteiger partial charge in [-0.2, -0.15) is 0 Å². The molecular weight excluding hydrogens is 242 g/mol. The molecule has 0 fully saturated rings. The van der Waals surface area contributed by atoms with Gasteiger partial charge in [0.2, 0.25) is 0 Å². The van der Waals surface area contributed by atoms with Crippen molar-refractivity contribution in [1.29, 1.82) is 0 Å². The first-order valence-electron chi connectivity index (χ1n) is 6.74. The van der Waals surface area contributed by atoms with Crippen LogP contribution in [0.1, 0.15) is 37.6 Å². The smallest absolute Gasteiger partial charge is 0.335 e. The van der Waals surface area contributed by atoms with Crippen LogP contribution in [0, 0.1) is 0 Å². The average Bonchev–Trinajstić information content (AvgIpc) is 2.38. The standard InChI is InChI=1S/C15H23NO3/c1-4-16(12(2)3)10-5-11-19-14-8-6-13(7-9-14)15(17)18/h6-9,12H,4-5,10-11H2,1-3H3,(H,17,18). The maximum absolute atomic E-state index is 10.7. The number of benzene rings is 1. The molecule has 0 aliphatic heterocycles. The highest BCUT2D eigenvalue weighted by Gasteiger charge is 2.06. The summed E-state index contributed by atoms with van der Waals surface area (Å²) in [5.41, 5.74) is 0.282. The molecular formula is C15H23NO3. The Bertz CT molecular complexity index is 387. The van der Waals surface area contributed by atoms with Crippen molar-refractivity contribution in [2.45, 2.75) is 33.2 Å². The van der Waals surface area contributed by atoms with E-state index in [2.05, 4.69) is 25.7 Å².